The molecule has 5 rings (SSSR count). The molecule has 4 aliphatic rings. The SMILES string of the molecule is COC(=O)CCCC1CCC2C3CC=C4CC(OS(=O)(=O)c5ccc(C)cc5)CCC4(C)C3CCC12C. The maximum atomic E-state index is 12.9. The molecule has 0 heterocycles. The summed E-state index contributed by atoms with van der Waals surface area (Å²) in [5.74, 6) is 2.76. The first-order valence-electron chi connectivity index (χ1n) is 14.3. The van der Waals surface area contributed by atoms with Gasteiger partial charge in [0.1, 0.15) is 0 Å². The van der Waals surface area contributed by atoms with Crippen LogP contribution in [0.4, 0.5) is 0 Å². The highest BCUT2D eigenvalue weighted by Gasteiger charge is 2.58. The fourth-order valence-corrected chi connectivity index (χ4v) is 9.93. The van der Waals surface area contributed by atoms with Crippen molar-refractivity contribution in [3.05, 3.63) is 41.5 Å². The van der Waals surface area contributed by atoms with Crippen molar-refractivity contribution in [3.63, 3.8) is 0 Å². The Kier molecular flexibility index (Phi) is 7.38. The Balaban J connectivity index is 1.26. The summed E-state index contributed by atoms with van der Waals surface area (Å²) in [7, 11) is -2.28. The molecule has 0 saturated heterocycles. The molecular formula is C31H44O5S. The smallest absolute Gasteiger partial charge is 0.305 e. The zero-order chi connectivity index (χ0) is 26.4. The third-order valence-corrected chi connectivity index (χ3v) is 12.4. The molecule has 3 fully saturated rings. The van der Waals surface area contributed by atoms with Gasteiger partial charge in [-0.1, -0.05) is 43.2 Å². The molecule has 0 aromatic heterocycles. The molecule has 1 aromatic rings. The Hall–Kier alpha value is -1.66. The van der Waals surface area contributed by atoms with E-state index < -0.39 is 10.1 Å². The highest BCUT2D eigenvalue weighted by molar-refractivity contribution is 7.86. The molecule has 7 unspecified atom stereocenters. The minimum absolute atomic E-state index is 0.0903. The minimum Gasteiger partial charge on any atom is -0.469 e. The molecule has 37 heavy (non-hydrogen) atoms. The van der Waals surface area contributed by atoms with Crippen LogP contribution in [0.15, 0.2) is 40.8 Å². The quantitative estimate of drug-likeness (QED) is 0.217. The van der Waals surface area contributed by atoms with Gasteiger partial charge in [0.25, 0.3) is 10.1 Å². The summed E-state index contributed by atoms with van der Waals surface area (Å²) >= 11 is 0. The molecule has 0 N–H and O–H groups in total. The van der Waals surface area contributed by atoms with Gasteiger partial charge in [0.2, 0.25) is 0 Å². The van der Waals surface area contributed by atoms with E-state index in [1.165, 1.54) is 38.4 Å². The lowest BCUT2D eigenvalue weighted by molar-refractivity contribution is -0.140. The molecule has 204 valence electrons. The number of carbonyl (C=O) groups excluding carboxylic acids is 1. The second kappa shape index (κ2) is 10.1. The molecule has 0 aliphatic heterocycles. The second-order valence-electron chi connectivity index (χ2n) is 12.8. The summed E-state index contributed by atoms with van der Waals surface area (Å²) in [6.45, 7) is 6.94. The second-order valence-corrected chi connectivity index (χ2v) is 14.3. The first kappa shape index (κ1) is 26.9. The maximum Gasteiger partial charge on any atom is 0.305 e. The Morgan fingerprint density at radius 1 is 1.03 bits per heavy atom. The van der Waals surface area contributed by atoms with E-state index in [0.29, 0.717) is 29.6 Å². The van der Waals surface area contributed by atoms with Crippen molar-refractivity contribution < 1.29 is 22.1 Å². The van der Waals surface area contributed by atoms with Crippen LogP contribution in [0, 0.1) is 41.4 Å². The summed E-state index contributed by atoms with van der Waals surface area (Å²) in [6.07, 6.45) is 13.5. The van der Waals surface area contributed by atoms with E-state index in [-0.39, 0.29) is 22.4 Å². The number of hydrogen-bond donors (Lipinski definition) is 0. The molecule has 0 bridgehead atoms. The summed E-state index contributed by atoms with van der Waals surface area (Å²) in [4.78, 5) is 11.9. The number of carbonyl (C=O) groups is 1. The summed E-state index contributed by atoms with van der Waals surface area (Å²) < 4.78 is 36.5. The van der Waals surface area contributed by atoms with E-state index in [2.05, 4.69) is 19.9 Å². The molecule has 4 aliphatic carbocycles. The van der Waals surface area contributed by atoms with E-state index in [9.17, 15) is 13.2 Å². The number of ether oxygens (including phenoxy) is 1. The van der Waals surface area contributed by atoms with Gasteiger partial charge in [0.05, 0.1) is 18.1 Å². The van der Waals surface area contributed by atoms with Crippen LogP contribution >= 0.6 is 0 Å². The summed E-state index contributed by atoms with van der Waals surface area (Å²) in [5, 5.41) is 0. The third kappa shape index (κ3) is 4.93. The third-order valence-electron chi connectivity index (χ3n) is 11.0. The van der Waals surface area contributed by atoms with Gasteiger partial charge in [-0.15, -0.1) is 0 Å². The predicted molar refractivity (Wildman–Crippen MR) is 144 cm³/mol. The monoisotopic (exact) mass is 528 g/mol. The summed E-state index contributed by atoms with van der Waals surface area (Å²) in [6, 6.07) is 6.93. The van der Waals surface area contributed by atoms with Gasteiger partial charge in [-0.2, -0.15) is 8.42 Å². The zero-order valence-electron chi connectivity index (χ0n) is 23.0. The van der Waals surface area contributed by atoms with Gasteiger partial charge in [-0.25, -0.2) is 0 Å². The molecule has 3 saturated carbocycles. The van der Waals surface area contributed by atoms with Crippen molar-refractivity contribution in [2.24, 2.45) is 34.5 Å². The molecule has 0 amide bonds. The lowest BCUT2D eigenvalue weighted by atomic mass is 9.47. The van der Waals surface area contributed by atoms with E-state index in [1.54, 1.807) is 12.1 Å². The van der Waals surface area contributed by atoms with Crippen LogP contribution in [0.1, 0.15) is 90.0 Å². The van der Waals surface area contributed by atoms with E-state index in [4.69, 9.17) is 8.92 Å². The van der Waals surface area contributed by atoms with Crippen LogP contribution in [-0.2, 0) is 23.8 Å². The molecule has 7 atom stereocenters. The van der Waals surface area contributed by atoms with E-state index in [0.717, 1.165) is 50.0 Å². The number of fused-ring (bicyclic) bond motifs is 5. The van der Waals surface area contributed by atoms with Gasteiger partial charge >= 0.3 is 5.97 Å². The van der Waals surface area contributed by atoms with Gasteiger partial charge in [-0.05, 0) is 118 Å². The predicted octanol–water partition coefficient (Wildman–Crippen LogP) is 6.99. The molecule has 1 aromatic carbocycles. The Morgan fingerprint density at radius 2 is 1.78 bits per heavy atom. The molecule has 6 heteroatoms. The van der Waals surface area contributed by atoms with Crippen molar-refractivity contribution >= 4 is 16.1 Å². The highest BCUT2D eigenvalue weighted by atomic mass is 32.2. The fraction of sp³-hybridized carbons (Fsp3) is 0.710. The number of rotatable bonds is 7. The minimum atomic E-state index is -3.75. The van der Waals surface area contributed by atoms with Crippen LogP contribution < -0.4 is 0 Å². The summed E-state index contributed by atoms with van der Waals surface area (Å²) in [5.41, 5.74) is 3.00. The lowest BCUT2D eigenvalue weighted by Gasteiger charge is -2.58. The number of methoxy groups -OCH3 is 1. The van der Waals surface area contributed by atoms with Crippen LogP contribution in [-0.4, -0.2) is 27.6 Å². The van der Waals surface area contributed by atoms with Crippen LogP contribution in [0.25, 0.3) is 0 Å². The van der Waals surface area contributed by atoms with Crippen molar-refractivity contribution in [3.8, 4) is 0 Å². The largest absolute Gasteiger partial charge is 0.469 e. The number of allylic oxidation sites excluding steroid dienone is 1. The molecule has 5 nitrogen and oxygen atoms in total. The Labute approximate surface area is 223 Å². The lowest BCUT2D eigenvalue weighted by Crippen LogP contribution is -2.50. The topological polar surface area (TPSA) is 69.7 Å². The fourth-order valence-electron chi connectivity index (χ4n) is 8.83. The average Bonchev–Trinajstić information content (AvgIpc) is 3.20. The van der Waals surface area contributed by atoms with Crippen molar-refractivity contribution in [1.29, 1.82) is 0 Å². The first-order valence-corrected chi connectivity index (χ1v) is 15.7. The molecular weight excluding hydrogens is 484 g/mol. The van der Waals surface area contributed by atoms with Gasteiger partial charge in [-0.3, -0.25) is 8.98 Å². The first-order chi connectivity index (χ1) is 17.6. The van der Waals surface area contributed by atoms with Gasteiger partial charge < -0.3 is 4.74 Å². The number of benzene rings is 1. The zero-order valence-corrected chi connectivity index (χ0v) is 23.8. The standard InChI is InChI=1S/C31H44O5S/c1-21-8-12-25(13-9-21)37(33,34)36-24-16-18-31(3)23(20-24)10-14-26-27-15-11-22(6-5-7-29(32)35-4)30(27,2)19-17-28(26)31/h8-10,12-13,22,24,26-28H,5-7,11,14-20H2,1-4H3. The van der Waals surface area contributed by atoms with Crippen molar-refractivity contribution in [2.75, 3.05) is 7.11 Å². The molecule has 0 spiro atoms. The normalized spacial score (nSPS) is 37.2. The number of esters is 1. The average molecular weight is 529 g/mol. The maximum absolute atomic E-state index is 12.9. The van der Waals surface area contributed by atoms with Gasteiger partial charge in [0, 0.05) is 6.42 Å². The number of hydrogen-bond acceptors (Lipinski definition) is 5. The highest BCUT2D eigenvalue weighted by Crippen LogP contribution is 2.66. The molecule has 0 radical (unpaired) electrons. The Morgan fingerprint density at radius 3 is 2.51 bits per heavy atom. The van der Waals surface area contributed by atoms with E-state index in [1.807, 2.05) is 19.1 Å². The Bertz CT molecular complexity index is 1140. The van der Waals surface area contributed by atoms with Crippen LogP contribution in [0.2, 0.25) is 0 Å². The van der Waals surface area contributed by atoms with Crippen LogP contribution in [0.5, 0.6) is 0 Å². The van der Waals surface area contributed by atoms with Gasteiger partial charge in [0.15, 0.2) is 0 Å². The van der Waals surface area contributed by atoms with Crippen molar-refractivity contribution in [1.82, 2.24) is 0 Å². The van der Waals surface area contributed by atoms with E-state index >= 15 is 0 Å². The van der Waals surface area contributed by atoms with Crippen molar-refractivity contribution in [2.45, 2.75) is 102 Å². The van der Waals surface area contributed by atoms with Crippen LogP contribution in [0.3, 0.4) is 0 Å². The number of aryl methyl sites for hydroxylation is 1.